The first-order valence-corrected chi connectivity index (χ1v) is 8.46. The van der Waals surface area contributed by atoms with Crippen molar-refractivity contribution in [3.63, 3.8) is 0 Å². The van der Waals surface area contributed by atoms with Crippen molar-refractivity contribution < 1.29 is 15.0 Å². The highest BCUT2D eigenvalue weighted by Gasteiger charge is 2.37. The van der Waals surface area contributed by atoms with Crippen LogP contribution >= 0.6 is 0 Å². The van der Waals surface area contributed by atoms with E-state index in [4.69, 9.17) is 5.11 Å². The first kappa shape index (κ1) is 17.4. The Kier molecular flexibility index (Phi) is 5.31. The third kappa shape index (κ3) is 4.55. The number of rotatable bonds is 5. The molecule has 3 N–H and O–H groups in total. The highest BCUT2D eigenvalue weighted by atomic mass is 16.3. The topological polar surface area (TPSA) is 85.7 Å². The number of aliphatic hydroxyl groups excluding tert-OH is 1. The van der Waals surface area contributed by atoms with Crippen molar-refractivity contribution >= 4 is 11.7 Å². The second-order valence-corrected chi connectivity index (χ2v) is 6.50. The van der Waals surface area contributed by atoms with Gasteiger partial charge in [0.05, 0.1) is 13.2 Å². The maximum absolute atomic E-state index is 12.2. The first-order chi connectivity index (χ1) is 12.1. The summed E-state index contributed by atoms with van der Waals surface area (Å²) in [7, 11) is 0. The number of likely N-dealkylation sites (tertiary alicyclic amines) is 1. The van der Waals surface area contributed by atoms with E-state index < -0.39 is 5.60 Å². The number of β-amino-alcohol motifs (C(OH)–C–C–N with tert-alkyl or cyclic N) is 1. The quantitative estimate of drug-likeness (QED) is 0.774. The van der Waals surface area contributed by atoms with E-state index >= 15 is 0 Å². The number of benzene rings is 1. The van der Waals surface area contributed by atoms with Gasteiger partial charge < -0.3 is 20.4 Å². The van der Waals surface area contributed by atoms with Crippen LogP contribution in [0.3, 0.4) is 0 Å². The molecule has 1 saturated heterocycles. The minimum Gasteiger partial charge on any atom is -0.393 e. The summed E-state index contributed by atoms with van der Waals surface area (Å²) < 4.78 is 0. The van der Waals surface area contributed by atoms with Crippen LogP contribution in [-0.4, -0.2) is 51.4 Å². The lowest BCUT2D eigenvalue weighted by Gasteiger charge is -2.21. The maximum atomic E-state index is 12.2. The Balaban J connectivity index is 1.51. The smallest absolute Gasteiger partial charge is 0.321 e. The fourth-order valence-corrected chi connectivity index (χ4v) is 2.93. The van der Waals surface area contributed by atoms with Crippen LogP contribution in [0.4, 0.5) is 10.5 Å². The van der Waals surface area contributed by atoms with Crippen LogP contribution in [0.2, 0.25) is 0 Å². The number of carbonyl (C=O) groups excluding carboxylic acids is 1. The molecular weight excluding hydrogens is 318 g/mol. The number of aliphatic hydroxyl groups is 2. The summed E-state index contributed by atoms with van der Waals surface area (Å²) in [5.41, 5.74) is 1.78. The van der Waals surface area contributed by atoms with Crippen molar-refractivity contribution in [2.75, 3.05) is 25.0 Å². The van der Waals surface area contributed by atoms with Crippen LogP contribution in [0.5, 0.6) is 0 Å². The van der Waals surface area contributed by atoms with Gasteiger partial charge in [-0.3, -0.25) is 4.98 Å². The summed E-state index contributed by atoms with van der Waals surface area (Å²) >= 11 is 0. The van der Waals surface area contributed by atoms with Crippen molar-refractivity contribution in [1.82, 2.24) is 9.88 Å². The SMILES string of the molecule is O=C(Nc1ccc(CCc2ccccn2)cc1)N1CCC(O)(CO)C1. The third-order valence-electron chi connectivity index (χ3n) is 4.51. The fraction of sp³-hybridized carbons (Fsp3) is 0.368. The number of amides is 2. The number of urea groups is 1. The van der Waals surface area contributed by atoms with Crippen molar-refractivity contribution in [2.45, 2.75) is 24.9 Å². The van der Waals surface area contributed by atoms with Crippen molar-refractivity contribution in [2.24, 2.45) is 0 Å². The zero-order valence-electron chi connectivity index (χ0n) is 14.1. The summed E-state index contributed by atoms with van der Waals surface area (Å²) in [6.07, 6.45) is 3.95. The molecule has 1 aliphatic rings. The fourth-order valence-electron chi connectivity index (χ4n) is 2.93. The van der Waals surface area contributed by atoms with E-state index in [0.717, 1.165) is 18.5 Å². The summed E-state index contributed by atoms with van der Waals surface area (Å²) in [6, 6.07) is 13.4. The van der Waals surface area contributed by atoms with Gasteiger partial charge in [0.15, 0.2) is 0 Å². The largest absolute Gasteiger partial charge is 0.393 e. The second kappa shape index (κ2) is 7.63. The summed E-state index contributed by atoms with van der Waals surface area (Å²) in [4.78, 5) is 18.1. The standard InChI is InChI=1S/C19H23N3O3/c23-14-19(25)10-12-22(13-19)18(24)21-17-8-5-15(6-9-17)4-7-16-3-1-2-11-20-16/h1-3,5-6,8-9,11,23,25H,4,7,10,12-14H2,(H,21,24). The number of pyridine rings is 1. The van der Waals surface area contributed by atoms with Gasteiger partial charge in [-0.2, -0.15) is 0 Å². The zero-order chi connectivity index (χ0) is 17.7. The minimum atomic E-state index is -1.17. The van der Waals surface area contributed by atoms with Gasteiger partial charge >= 0.3 is 6.03 Å². The highest BCUT2D eigenvalue weighted by molar-refractivity contribution is 5.89. The van der Waals surface area contributed by atoms with Gasteiger partial charge in [0.1, 0.15) is 5.60 Å². The molecule has 25 heavy (non-hydrogen) atoms. The molecule has 1 atom stereocenters. The molecule has 1 unspecified atom stereocenters. The maximum Gasteiger partial charge on any atom is 0.321 e. The molecule has 6 nitrogen and oxygen atoms in total. The van der Waals surface area contributed by atoms with E-state index in [1.165, 1.54) is 10.5 Å². The molecule has 132 valence electrons. The van der Waals surface area contributed by atoms with Gasteiger partial charge in [-0.15, -0.1) is 0 Å². The molecule has 0 spiro atoms. The van der Waals surface area contributed by atoms with E-state index in [1.54, 1.807) is 6.20 Å². The predicted molar refractivity (Wildman–Crippen MR) is 95.3 cm³/mol. The zero-order valence-corrected chi connectivity index (χ0v) is 14.1. The average molecular weight is 341 g/mol. The molecule has 0 aliphatic carbocycles. The lowest BCUT2D eigenvalue weighted by molar-refractivity contribution is -0.00246. The molecule has 1 aromatic heterocycles. The van der Waals surface area contributed by atoms with Gasteiger partial charge in [-0.25, -0.2) is 4.79 Å². The van der Waals surface area contributed by atoms with Gasteiger partial charge in [-0.1, -0.05) is 18.2 Å². The second-order valence-electron chi connectivity index (χ2n) is 6.50. The van der Waals surface area contributed by atoms with Crippen LogP contribution in [-0.2, 0) is 12.8 Å². The average Bonchev–Trinajstić information content (AvgIpc) is 3.05. The molecule has 6 heteroatoms. The Bertz CT molecular complexity index is 706. The predicted octanol–water partition coefficient (Wildman–Crippen LogP) is 1.83. The number of hydrogen-bond acceptors (Lipinski definition) is 4. The Morgan fingerprint density at radius 2 is 2.00 bits per heavy atom. The van der Waals surface area contributed by atoms with E-state index in [9.17, 15) is 9.90 Å². The Hall–Kier alpha value is -2.44. The normalized spacial score (nSPS) is 19.8. The molecule has 0 saturated carbocycles. The van der Waals surface area contributed by atoms with Gasteiger partial charge in [0.2, 0.25) is 0 Å². The lowest BCUT2D eigenvalue weighted by Crippen LogP contribution is -2.40. The van der Waals surface area contributed by atoms with Crippen molar-refractivity contribution in [3.8, 4) is 0 Å². The van der Waals surface area contributed by atoms with Gasteiger partial charge in [0.25, 0.3) is 0 Å². The molecular formula is C19H23N3O3. The van der Waals surface area contributed by atoms with E-state index in [2.05, 4.69) is 10.3 Å². The number of aromatic nitrogens is 1. The molecule has 0 radical (unpaired) electrons. The number of nitrogens with zero attached hydrogens (tertiary/aromatic N) is 2. The molecule has 2 aromatic rings. The van der Waals surface area contributed by atoms with Crippen molar-refractivity contribution in [1.29, 1.82) is 0 Å². The van der Waals surface area contributed by atoms with E-state index in [0.29, 0.717) is 18.7 Å². The Morgan fingerprint density at radius 3 is 2.64 bits per heavy atom. The van der Waals surface area contributed by atoms with Gasteiger partial charge in [0, 0.05) is 24.1 Å². The number of hydrogen-bond donors (Lipinski definition) is 3. The number of aryl methyl sites for hydroxylation is 2. The summed E-state index contributed by atoms with van der Waals surface area (Å²) in [5.74, 6) is 0. The highest BCUT2D eigenvalue weighted by Crippen LogP contribution is 2.21. The van der Waals surface area contributed by atoms with Gasteiger partial charge in [-0.05, 0) is 49.1 Å². The van der Waals surface area contributed by atoms with Crippen LogP contribution in [0.15, 0.2) is 48.7 Å². The third-order valence-corrected chi connectivity index (χ3v) is 4.51. The van der Waals surface area contributed by atoms with E-state index in [1.807, 2.05) is 42.5 Å². The monoisotopic (exact) mass is 341 g/mol. The van der Waals surface area contributed by atoms with Crippen LogP contribution in [0, 0.1) is 0 Å². The molecule has 3 rings (SSSR count). The van der Waals surface area contributed by atoms with Crippen molar-refractivity contribution in [3.05, 3.63) is 59.9 Å². The minimum absolute atomic E-state index is 0.150. The summed E-state index contributed by atoms with van der Waals surface area (Å²) in [6.45, 7) is 0.254. The lowest BCUT2D eigenvalue weighted by atomic mass is 10.1. The van der Waals surface area contributed by atoms with Crippen LogP contribution in [0.1, 0.15) is 17.7 Å². The molecule has 0 bridgehead atoms. The molecule has 1 aliphatic heterocycles. The first-order valence-electron chi connectivity index (χ1n) is 8.46. The van der Waals surface area contributed by atoms with Crippen LogP contribution in [0.25, 0.3) is 0 Å². The number of nitrogens with one attached hydrogen (secondary N) is 1. The molecule has 1 fully saturated rings. The van der Waals surface area contributed by atoms with E-state index in [-0.39, 0.29) is 19.2 Å². The molecule has 2 amide bonds. The number of carbonyl (C=O) groups is 1. The Morgan fingerprint density at radius 1 is 1.20 bits per heavy atom. The molecule has 1 aromatic carbocycles. The molecule has 2 heterocycles. The Labute approximate surface area is 147 Å². The summed E-state index contributed by atoms with van der Waals surface area (Å²) in [5, 5.41) is 22.0. The number of anilines is 1. The van der Waals surface area contributed by atoms with Crippen LogP contribution < -0.4 is 5.32 Å².